The number of rotatable bonds is 6. The Bertz CT molecular complexity index is 1060. The Morgan fingerprint density at radius 1 is 1.10 bits per heavy atom. The first-order valence-corrected chi connectivity index (χ1v) is 10.4. The fraction of sp³-hybridized carbons (Fsp3) is 0.458. The molecule has 2 heterocycles. The molecule has 2 aromatic heterocycles. The van der Waals surface area contributed by atoms with Crippen molar-refractivity contribution in [2.75, 3.05) is 0 Å². The third-order valence-corrected chi connectivity index (χ3v) is 5.93. The average Bonchev–Trinajstić information content (AvgIpc) is 2.99. The topological polar surface area (TPSA) is 59.8 Å². The van der Waals surface area contributed by atoms with Crippen LogP contribution in [-0.2, 0) is 11.2 Å². The molecule has 1 aromatic carbocycles. The van der Waals surface area contributed by atoms with Gasteiger partial charge in [0, 0.05) is 23.5 Å². The first-order chi connectivity index (χ1) is 13.7. The van der Waals surface area contributed by atoms with Gasteiger partial charge in [0.15, 0.2) is 5.65 Å². The molecule has 0 saturated heterocycles. The van der Waals surface area contributed by atoms with Crippen LogP contribution in [0.4, 0.5) is 0 Å². The van der Waals surface area contributed by atoms with Crippen molar-refractivity contribution in [3.05, 3.63) is 51.8 Å². The summed E-state index contributed by atoms with van der Waals surface area (Å²) in [6.45, 7) is 14.5. The molecule has 0 bridgehead atoms. The molecule has 29 heavy (non-hydrogen) atoms. The molecule has 1 N–H and O–H groups in total. The number of pyridine rings is 1. The maximum atomic E-state index is 12.2. The number of nitrogens with zero attached hydrogens (tertiary/aromatic N) is 3. The predicted molar refractivity (Wildman–Crippen MR) is 119 cm³/mol. The number of aryl methyl sites for hydroxylation is 5. The molecule has 1 atom stereocenters. The lowest BCUT2D eigenvalue weighted by molar-refractivity contribution is -0.121. The van der Waals surface area contributed by atoms with Gasteiger partial charge in [-0.05, 0) is 88.8 Å². The van der Waals surface area contributed by atoms with E-state index in [0.717, 1.165) is 40.1 Å². The van der Waals surface area contributed by atoms with Crippen molar-refractivity contribution in [3.63, 3.8) is 0 Å². The van der Waals surface area contributed by atoms with Crippen molar-refractivity contribution in [2.45, 2.75) is 73.8 Å². The molecule has 5 nitrogen and oxygen atoms in total. The van der Waals surface area contributed by atoms with Crippen LogP contribution in [0.3, 0.4) is 0 Å². The number of hydrogen-bond acceptors (Lipinski definition) is 3. The Kier molecular flexibility index (Phi) is 6.06. The summed E-state index contributed by atoms with van der Waals surface area (Å²) in [5.74, 6) is 0.0980. The Hall–Kier alpha value is -2.69. The minimum atomic E-state index is 0.0980. The average molecular weight is 393 g/mol. The van der Waals surface area contributed by atoms with Gasteiger partial charge in [0.2, 0.25) is 5.91 Å². The molecule has 0 aliphatic carbocycles. The molecule has 0 aliphatic rings. The van der Waals surface area contributed by atoms with E-state index >= 15 is 0 Å². The molecule has 3 aromatic rings. The summed E-state index contributed by atoms with van der Waals surface area (Å²) >= 11 is 0. The zero-order valence-corrected chi connectivity index (χ0v) is 18.7. The van der Waals surface area contributed by atoms with E-state index in [1.54, 1.807) is 0 Å². The van der Waals surface area contributed by atoms with E-state index < -0.39 is 0 Å². The molecule has 0 spiro atoms. The normalized spacial score (nSPS) is 12.4. The summed E-state index contributed by atoms with van der Waals surface area (Å²) in [5.41, 5.74) is 8.67. The number of aromatic nitrogens is 3. The van der Waals surface area contributed by atoms with E-state index in [9.17, 15) is 4.79 Å². The van der Waals surface area contributed by atoms with Gasteiger partial charge in [-0.2, -0.15) is 5.10 Å². The van der Waals surface area contributed by atoms with Gasteiger partial charge in [0.1, 0.15) is 0 Å². The predicted octanol–water partition coefficient (Wildman–Crippen LogP) is 4.81. The van der Waals surface area contributed by atoms with E-state index in [2.05, 4.69) is 51.2 Å². The van der Waals surface area contributed by atoms with Gasteiger partial charge in [0.25, 0.3) is 0 Å². The van der Waals surface area contributed by atoms with Gasteiger partial charge in [0.05, 0.1) is 11.4 Å². The van der Waals surface area contributed by atoms with Crippen LogP contribution in [0.5, 0.6) is 0 Å². The van der Waals surface area contributed by atoms with Crippen LogP contribution >= 0.6 is 0 Å². The maximum absolute atomic E-state index is 12.2. The molecular formula is C24H32N4O. The first kappa shape index (κ1) is 21.0. The van der Waals surface area contributed by atoms with Crippen molar-refractivity contribution < 1.29 is 4.79 Å². The van der Waals surface area contributed by atoms with Gasteiger partial charge in [-0.25, -0.2) is 9.67 Å². The van der Waals surface area contributed by atoms with Gasteiger partial charge in [-0.1, -0.05) is 13.0 Å². The zero-order valence-electron chi connectivity index (χ0n) is 18.7. The number of benzene rings is 1. The van der Waals surface area contributed by atoms with Gasteiger partial charge in [-0.3, -0.25) is 4.79 Å². The summed E-state index contributed by atoms with van der Waals surface area (Å²) in [6, 6.07) is 6.58. The quantitative estimate of drug-likeness (QED) is 0.655. The molecule has 1 unspecified atom stereocenters. The van der Waals surface area contributed by atoms with Crippen LogP contribution in [0, 0.1) is 34.6 Å². The summed E-state index contributed by atoms with van der Waals surface area (Å²) in [4.78, 5) is 17.1. The lowest BCUT2D eigenvalue weighted by Crippen LogP contribution is -2.32. The van der Waals surface area contributed by atoms with E-state index in [0.29, 0.717) is 12.8 Å². The third-order valence-electron chi connectivity index (χ3n) is 5.93. The van der Waals surface area contributed by atoms with E-state index in [4.69, 9.17) is 10.1 Å². The molecule has 0 saturated carbocycles. The second-order valence-corrected chi connectivity index (χ2v) is 8.14. The number of hydrogen-bond donors (Lipinski definition) is 1. The smallest absolute Gasteiger partial charge is 0.220 e. The second kappa shape index (κ2) is 8.36. The molecule has 154 valence electrons. The van der Waals surface area contributed by atoms with Gasteiger partial charge < -0.3 is 5.32 Å². The minimum Gasteiger partial charge on any atom is -0.354 e. The van der Waals surface area contributed by atoms with Crippen LogP contribution in [-0.4, -0.2) is 26.7 Å². The fourth-order valence-corrected chi connectivity index (χ4v) is 3.80. The molecule has 0 fully saturated rings. The van der Waals surface area contributed by atoms with Crippen molar-refractivity contribution in [2.24, 2.45) is 0 Å². The summed E-state index contributed by atoms with van der Waals surface area (Å²) in [5, 5.41) is 8.93. The van der Waals surface area contributed by atoms with Crippen LogP contribution in [0.1, 0.15) is 60.3 Å². The van der Waals surface area contributed by atoms with E-state index in [-0.39, 0.29) is 11.9 Å². The molecule has 0 aliphatic heterocycles. The minimum absolute atomic E-state index is 0.0980. The van der Waals surface area contributed by atoms with Crippen LogP contribution < -0.4 is 5.32 Å². The van der Waals surface area contributed by atoms with E-state index in [1.807, 2.05) is 25.5 Å². The Labute approximate surface area is 173 Å². The molecule has 1 amide bonds. The number of carbonyl (C=O) groups is 1. The van der Waals surface area contributed by atoms with Crippen LogP contribution in [0.25, 0.3) is 16.7 Å². The van der Waals surface area contributed by atoms with Crippen molar-refractivity contribution in [1.82, 2.24) is 20.1 Å². The van der Waals surface area contributed by atoms with Crippen molar-refractivity contribution >= 4 is 16.9 Å². The number of carbonyl (C=O) groups excluding carboxylic acids is 1. The Morgan fingerprint density at radius 2 is 1.83 bits per heavy atom. The number of amides is 1. The third kappa shape index (κ3) is 4.19. The highest BCUT2D eigenvalue weighted by atomic mass is 16.1. The number of fused-ring (bicyclic) bond motifs is 1. The fourth-order valence-electron chi connectivity index (χ4n) is 3.80. The monoisotopic (exact) mass is 392 g/mol. The largest absolute Gasteiger partial charge is 0.354 e. The Balaban J connectivity index is 1.98. The van der Waals surface area contributed by atoms with Crippen LogP contribution in [0.2, 0.25) is 0 Å². The molecule has 0 radical (unpaired) electrons. The highest BCUT2D eigenvalue weighted by molar-refractivity contribution is 5.85. The number of nitrogens with one attached hydrogen (secondary N) is 1. The van der Waals surface area contributed by atoms with E-state index in [1.165, 1.54) is 16.7 Å². The standard InChI is InChI=1S/C24H32N4O/c1-8-16(4)25-22(29)12-11-21-17(5)23-19(7)27-28(24(23)26-18(21)6)20-10-9-14(2)15(3)13-20/h9-10,13,16H,8,11-12H2,1-7H3,(H,25,29). The molecular weight excluding hydrogens is 360 g/mol. The van der Waals surface area contributed by atoms with Gasteiger partial charge in [-0.15, -0.1) is 0 Å². The zero-order chi connectivity index (χ0) is 21.3. The molecule has 3 rings (SSSR count). The first-order valence-electron chi connectivity index (χ1n) is 10.4. The molecule has 5 heteroatoms. The highest BCUT2D eigenvalue weighted by Gasteiger charge is 2.18. The lowest BCUT2D eigenvalue weighted by atomic mass is 9.99. The Morgan fingerprint density at radius 3 is 2.48 bits per heavy atom. The maximum Gasteiger partial charge on any atom is 0.220 e. The summed E-state index contributed by atoms with van der Waals surface area (Å²) in [7, 11) is 0. The summed E-state index contributed by atoms with van der Waals surface area (Å²) < 4.78 is 1.94. The van der Waals surface area contributed by atoms with Gasteiger partial charge >= 0.3 is 0 Å². The highest BCUT2D eigenvalue weighted by Crippen LogP contribution is 2.28. The van der Waals surface area contributed by atoms with Crippen molar-refractivity contribution in [3.8, 4) is 5.69 Å². The van der Waals surface area contributed by atoms with Crippen LogP contribution in [0.15, 0.2) is 18.2 Å². The van der Waals surface area contributed by atoms with Crippen molar-refractivity contribution in [1.29, 1.82) is 0 Å². The second-order valence-electron chi connectivity index (χ2n) is 8.14. The summed E-state index contributed by atoms with van der Waals surface area (Å²) in [6.07, 6.45) is 2.11. The SMILES string of the molecule is CCC(C)NC(=O)CCc1c(C)nc2c(c(C)nn2-c2ccc(C)c(C)c2)c1C. The lowest BCUT2D eigenvalue weighted by Gasteiger charge is -2.14.